The van der Waals surface area contributed by atoms with Gasteiger partial charge >= 0.3 is 0 Å². The first kappa shape index (κ1) is 16.3. The van der Waals surface area contributed by atoms with E-state index in [0.717, 1.165) is 12.3 Å². The summed E-state index contributed by atoms with van der Waals surface area (Å²) < 4.78 is 0. The molecule has 0 spiro atoms. The minimum atomic E-state index is 0.789. The maximum absolute atomic E-state index is 2.37. The molecule has 1 unspecified atom stereocenters. The number of aryl methyl sites for hydroxylation is 1. The van der Waals surface area contributed by atoms with Crippen molar-refractivity contribution in [3.8, 4) is 0 Å². The average molecular weight is 260 g/mol. The Morgan fingerprint density at radius 2 is 1.42 bits per heavy atom. The topological polar surface area (TPSA) is 0 Å². The summed E-state index contributed by atoms with van der Waals surface area (Å²) in [7, 11) is 0. The molecule has 0 heterocycles. The molecule has 0 nitrogen and oxygen atoms in total. The SMILES string of the molecule is CCCCCCCC(CCC)c1ccc(CC)cc1. The smallest absolute Gasteiger partial charge is 0.0162 e. The summed E-state index contributed by atoms with van der Waals surface area (Å²) in [4.78, 5) is 0. The standard InChI is InChI=1S/C19H32/c1-4-7-8-9-10-12-18(11-5-2)19-15-13-17(6-3)14-16-19/h13-16,18H,4-12H2,1-3H3. The Hall–Kier alpha value is -0.780. The maximum atomic E-state index is 2.37. The molecule has 0 amide bonds. The lowest BCUT2D eigenvalue weighted by atomic mass is 9.88. The van der Waals surface area contributed by atoms with Gasteiger partial charge in [-0.15, -0.1) is 0 Å². The zero-order chi connectivity index (χ0) is 13.9. The van der Waals surface area contributed by atoms with Gasteiger partial charge in [0.15, 0.2) is 0 Å². The summed E-state index contributed by atoms with van der Waals surface area (Å²) in [5.74, 6) is 0.789. The molecule has 108 valence electrons. The van der Waals surface area contributed by atoms with Crippen molar-refractivity contribution in [3.63, 3.8) is 0 Å². The van der Waals surface area contributed by atoms with E-state index in [0.29, 0.717) is 0 Å². The van der Waals surface area contributed by atoms with Crippen molar-refractivity contribution in [3.05, 3.63) is 35.4 Å². The number of unbranched alkanes of at least 4 members (excludes halogenated alkanes) is 4. The van der Waals surface area contributed by atoms with Crippen LogP contribution in [0.3, 0.4) is 0 Å². The lowest BCUT2D eigenvalue weighted by Crippen LogP contribution is -1.99. The van der Waals surface area contributed by atoms with Crippen LogP contribution in [0.2, 0.25) is 0 Å². The highest BCUT2D eigenvalue weighted by atomic mass is 14.1. The van der Waals surface area contributed by atoms with Crippen molar-refractivity contribution < 1.29 is 0 Å². The van der Waals surface area contributed by atoms with Gasteiger partial charge in [0.1, 0.15) is 0 Å². The molecule has 0 aromatic heterocycles. The van der Waals surface area contributed by atoms with Gasteiger partial charge in [0.25, 0.3) is 0 Å². The Bertz CT molecular complexity index is 309. The van der Waals surface area contributed by atoms with E-state index in [-0.39, 0.29) is 0 Å². The first-order valence-electron chi connectivity index (χ1n) is 8.40. The van der Waals surface area contributed by atoms with Gasteiger partial charge in [-0.25, -0.2) is 0 Å². The van der Waals surface area contributed by atoms with Gasteiger partial charge in [-0.3, -0.25) is 0 Å². The fraction of sp³-hybridized carbons (Fsp3) is 0.684. The number of hydrogen-bond donors (Lipinski definition) is 0. The molecular weight excluding hydrogens is 228 g/mol. The molecule has 0 aliphatic heterocycles. The monoisotopic (exact) mass is 260 g/mol. The molecular formula is C19H32. The molecule has 1 rings (SSSR count). The van der Waals surface area contributed by atoms with Crippen LogP contribution in [0.15, 0.2) is 24.3 Å². The summed E-state index contributed by atoms with van der Waals surface area (Å²) in [6, 6.07) is 9.36. The van der Waals surface area contributed by atoms with Crippen molar-refractivity contribution in [1.82, 2.24) is 0 Å². The zero-order valence-electron chi connectivity index (χ0n) is 13.3. The Kier molecular flexibility index (Phi) is 8.62. The summed E-state index contributed by atoms with van der Waals surface area (Å²) in [5.41, 5.74) is 3.02. The average Bonchev–Trinajstić information content (AvgIpc) is 2.46. The minimum absolute atomic E-state index is 0.789. The van der Waals surface area contributed by atoms with Crippen LogP contribution in [0, 0.1) is 0 Å². The van der Waals surface area contributed by atoms with Gasteiger partial charge in [0, 0.05) is 0 Å². The second kappa shape index (κ2) is 10.1. The van der Waals surface area contributed by atoms with E-state index < -0.39 is 0 Å². The van der Waals surface area contributed by atoms with E-state index in [1.54, 1.807) is 5.56 Å². The zero-order valence-corrected chi connectivity index (χ0v) is 13.3. The third-order valence-corrected chi connectivity index (χ3v) is 4.15. The number of benzene rings is 1. The summed E-state index contributed by atoms with van der Waals surface area (Å²) >= 11 is 0. The van der Waals surface area contributed by atoms with E-state index in [2.05, 4.69) is 45.0 Å². The predicted molar refractivity (Wildman–Crippen MR) is 86.8 cm³/mol. The largest absolute Gasteiger partial charge is 0.0654 e. The molecule has 0 saturated carbocycles. The summed E-state index contributed by atoms with van der Waals surface area (Å²) in [6.45, 7) is 6.83. The van der Waals surface area contributed by atoms with Crippen LogP contribution < -0.4 is 0 Å². The van der Waals surface area contributed by atoms with Gasteiger partial charge in [-0.05, 0) is 36.3 Å². The lowest BCUT2D eigenvalue weighted by Gasteiger charge is -2.17. The molecule has 0 heteroatoms. The van der Waals surface area contributed by atoms with Crippen LogP contribution in [-0.2, 0) is 6.42 Å². The normalized spacial score (nSPS) is 12.6. The third kappa shape index (κ3) is 6.27. The minimum Gasteiger partial charge on any atom is -0.0654 e. The van der Waals surface area contributed by atoms with E-state index in [1.165, 1.54) is 56.9 Å². The Morgan fingerprint density at radius 3 is 2.00 bits per heavy atom. The molecule has 0 aliphatic carbocycles. The van der Waals surface area contributed by atoms with Gasteiger partial charge in [-0.2, -0.15) is 0 Å². The highest BCUT2D eigenvalue weighted by Gasteiger charge is 2.10. The molecule has 0 fully saturated rings. The second-order valence-corrected chi connectivity index (χ2v) is 5.78. The number of hydrogen-bond acceptors (Lipinski definition) is 0. The summed E-state index contributed by atoms with van der Waals surface area (Å²) in [6.07, 6.45) is 12.2. The first-order valence-corrected chi connectivity index (χ1v) is 8.40. The van der Waals surface area contributed by atoms with E-state index in [1.807, 2.05) is 0 Å². The van der Waals surface area contributed by atoms with E-state index >= 15 is 0 Å². The van der Waals surface area contributed by atoms with Crippen molar-refractivity contribution in [2.45, 2.75) is 84.5 Å². The Balaban J connectivity index is 2.45. The second-order valence-electron chi connectivity index (χ2n) is 5.78. The molecule has 1 atom stereocenters. The predicted octanol–water partition coefficient (Wildman–Crippen LogP) is 6.49. The van der Waals surface area contributed by atoms with E-state index in [4.69, 9.17) is 0 Å². The maximum Gasteiger partial charge on any atom is -0.0162 e. The molecule has 0 N–H and O–H groups in total. The van der Waals surface area contributed by atoms with Crippen LogP contribution in [0.4, 0.5) is 0 Å². The van der Waals surface area contributed by atoms with Gasteiger partial charge < -0.3 is 0 Å². The van der Waals surface area contributed by atoms with E-state index in [9.17, 15) is 0 Å². The van der Waals surface area contributed by atoms with Crippen LogP contribution in [0.1, 0.15) is 89.2 Å². The van der Waals surface area contributed by atoms with Crippen LogP contribution in [-0.4, -0.2) is 0 Å². The Labute approximate surface area is 120 Å². The highest BCUT2D eigenvalue weighted by Crippen LogP contribution is 2.27. The Morgan fingerprint density at radius 1 is 0.737 bits per heavy atom. The first-order chi connectivity index (χ1) is 9.31. The van der Waals surface area contributed by atoms with Gasteiger partial charge in [0.05, 0.1) is 0 Å². The summed E-state index contributed by atoms with van der Waals surface area (Å²) in [5, 5.41) is 0. The van der Waals surface area contributed by atoms with Crippen molar-refractivity contribution in [2.75, 3.05) is 0 Å². The highest BCUT2D eigenvalue weighted by molar-refractivity contribution is 5.25. The van der Waals surface area contributed by atoms with Crippen molar-refractivity contribution in [2.24, 2.45) is 0 Å². The van der Waals surface area contributed by atoms with Gasteiger partial charge in [0.2, 0.25) is 0 Å². The molecule has 1 aromatic rings. The molecule has 0 aliphatic rings. The molecule has 1 aromatic carbocycles. The lowest BCUT2D eigenvalue weighted by molar-refractivity contribution is 0.516. The molecule has 0 saturated heterocycles. The quantitative estimate of drug-likeness (QED) is 0.422. The fourth-order valence-corrected chi connectivity index (χ4v) is 2.85. The molecule has 0 radical (unpaired) electrons. The van der Waals surface area contributed by atoms with Crippen LogP contribution in [0.25, 0.3) is 0 Å². The molecule has 19 heavy (non-hydrogen) atoms. The van der Waals surface area contributed by atoms with Crippen molar-refractivity contribution >= 4 is 0 Å². The van der Waals surface area contributed by atoms with Gasteiger partial charge in [-0.1, -0.05) is 83.6 Å². The fourth-order valence-electron chi connectivity index (χ4n) is 2.85. The van der Waals surface area contributed by atoms with Crippen molar-refractivity contribution in [1.29, 1.82) is 0 Å². The van der Waals surface area contributed by atoms with Crippen LogP contribution >= 0.6 is 0 Å². The third-order valence-electron chi connectivity index (χ3n) is 4.15. The van der Waals surface area contributed by atoms with Crippen LogP contribution in [0.5, 0.6) is 0 Å². The number of rotatable bonds is 10. The molecule has 0 bridgehead atoms.